The average molecular weight is 597 g/mol. The molecule has 0 unspecified atom stereocenters. The van der Waals surface area contributed by atoms with E-state index < -0.39 is 6.10 Å². The molecule has 2 saturated heterocycles. The highest BCUT2D eigenvalue weighted by Crippen LogP contribution is 2.35. The molecule has 4 aromatic rings. The van der Waals surface area contributed by atoms with Gasteiger partial charge in [-0.3, -0.25) is 9.20 Å². The minimum atomic E-state index is -0.404. The Morgan fingerprint density at radius 1 is 1.23 bits per heavy atom. The van der Waals surface area contributed by atoms with Gasteiger partial charge in [-0.1, -0.05) is 17.4 Å². The number of ether oxygens (including phenoxy) is 1. The number of aliphatic hydroxyl groups is 1. The van der Waals surface area contributed by atoms with Gasteiger partial charge < -0.3 is 25.4 Å². The number of piperidine rings is 1. The van der Waals surface area contributed by atoms with Crippen molar-refractivity contribution in [2.45, 2.75) is 37.5 Å². The Morgan fingerprint density at radius 3 is 2.67 bits per heavy atom. The second-order valence-electron chi connectivity index (χ2n) is 10.0. The van der Waals surface area contributed by atoms with Crippen molar-refractivity contribution >= 4 is 57.2 Å². The number of nitrogens with one attached hydrogen (secondary N) is 2. The van der Waals surface area contributed by atoms with E-state index in [2.05, 4.69) is 22.6 Å². The van der Waals surface area contributed by atoms with Crippen molar-refractivity contribution in [2.24, 2.45) is 0 Å². The second kappa shape index (κ2) is 12.0. The second-order valence-corrected chi connectivity index (χ2v) is 11.1. The molecule has 210 valence electrons. The number of rotatable bonds is 5. The van der Waals surface area contributed by atoms with E-state index in [0.29, 0.717) is 40.5 Å². The summed E-state index contributed by atoms with van der Waals surface area (Å²) in [5.74, 6) is 0.0160. The molecule has 0 radical (unpaired) electrons. The van der Waals surface area contributed by atoms with Crippen LogP contribution in [0.4, 0.5) is 4.39 Å². The van der Waals surface area contributed by atoms with Crippen LogP contribution in [0, 0.1) is 5.82 Å². The highest BCUT2D eigenvalue weighted by molar-refractivity contribution is 7.23. The number of thiazole rings is 1. The number of imidazole rings is 1. The molecule has 4 heterocycles. The van der Waals surface area contributed by atoms with Gasteiger partial charge in [0.25, 0.3) is 5.91 Å². The molecule has 0 aliphatic carbocycles. The zero-order valence-corrected chi connectivity index (χ0v) is 24.1. The van der Waals surface area contributed by atoms with Crippen molar-refractivity contribution in [3.05, 3.63) is 53.5 Å². The van der Waals surface area contributed by atoms with Gasteiger partial charge in [0, 0.05) is 36.5 Å². The molecule has 8 nitrogen and oxygen atoms in total. The third-order valence-corrected chi connectivity index (χ3v) is 8.51. The lowest BCUT2D eigenvalue weighted by molar-refractivity contribution is 0.0914. The molecule has 2 aromatic heterocycles. The largest absolute Gasteiger partial charge is 0.496 e. The smallest absolute Gasteiger partial charge is 0.255 e. The summed E-state index contributed by atoms with van der Waals surface area (Å²) < 4.78 is 23.5. The normalized spacial score (nSPS) is 20.1. The van der Waals surface area contributed by atoms with Gasteiger partial charge in [0.2, 0.25) is 0 Å². The van der Waals surface area contributed by atoms with E-state index in [1.165, 1.54) is 17.4 Å². The van der Waals surface area contributed by atoms with Gasteiger partial charge in [-0.05, 0) is 63.2 Å². The lowest BCUT2D eigenvalue weighted by Crippen LogP contribution is -2.43. The summed E-state index contributed by atoms with van der Waals surface area (Å²) in [5.41, 5.74) is 3.14. The van der Waals surface area contributed by atoms with E-state index in [1.54, 1.807) is 13.2 Å². The Bertz CT molecular complexity index is 1490. The number of aromatic nitrogens is 2. The first-order valence-electron chi connectivity index (χ1n) is 12.6. The first-order chi connectivity index (χ1) is 17.9. The molecule has 2 aliphatic rings. The van der Waals surface area contributed by atoms with Crippen molar-refractivity contribution in [2.75, 3.05) is 33.8 Å². The van der Waals surface area contributed by atoms with Gasteiger partial charge >= 0.3 is 0 Å². The van der Waals surface area contributed by atoms with Crippen LogP contribution < -0.4 is 15.4 Å². The van der Waals surface area contributed by atoms with E-state index in [1.807, 2.05) is 28.8 Å². The number of nitrogens with zero attached hydrogens (tertiary/aromatic N) is 3. The molecule has 1 amide bonds. The molecule has 12 heteroatoms. The standard InChI is InChI=1S/C27H30FN5O3S.2ClH/c1-32-7-5-16(6-8-32)30-26(35)19-11-25-23(12-24(19)36-2)33-14-22(31-27(33)37-25)18-4-3-15(9-20(18)28)21-10-17(34)13-29-21;;/h3-4,9,11-12,14,16-17,21,29,34H,5-8,10,13H2,1-2H3,(H,30,35);2*1H/t17-,21+;;/m0../s1. The van der Waals surface area contributed by atoms with Gasteiger partial charge in [-0.2, -0.15) is 0 Å². The van der Waals surface area contributed by atoms with E-state index in [0.717, 1.165) is 41.7 Å². The van der Waals surface area contributed by atoms with Crippen LogP contribution in [0.15, 0.2) is 36.5 Å². The quantitative estimate of drug-likeness (QED) is 0.316. The molecule has 6 rings (SSSR count). The Hall–Kier alpha value is -2.47. The summed E-state index contributed by atoms with van der Waals surface area (Å²) in [4.78, 5) is 20.8. The maximum atomic E-state index is 15.1. The lowest BCUT2D eigenvalue weighted by atomic mass is 10.0. The SMILES string of the molecule is COc1cc2c(cc1C(=O)NC1CCN(C)CC1)sc1nc(-c3ccc([C@H]4C[C@H](O)CN4)cc3F)cn12.Cl.Cl. The number of carbonyl (C=O) groups excluding carboxylic acids is 1. The number of aliphatic hydroxyl groups excluding tert-OH is 1. The predicted molar refractivity (Wildman–Crippen MR) is 156 cm³/mol. The Balaban J connectivity index is 0.00000176. The molecule has 0 spiro atoms. The van der Waals surface area contributed by atoms with Crippen LogP contribution in [0.3, 0.4) is 0 Å². The van der Waals surface area contributed by atoms with E-state index in [9.17, 15) is 9.90 Å². The number of halogens is 3. The lowest BCUT2D eigenvalue weighted by Gasteiger charge is -2.29. The molecular formula is C27H32Cl2FN5O3S. The van der Waals surface area contributed by atoms with Crippen LogP contribution >= 0.6 is 36.2 Å². The number of fused-ring (bicyclic) bond motifs is 3. The zero-order valence-electron chi connectivity index (χ0n) is 21.6. The predicted octanol–water partition coefficient (Wildman–Crippen LogP) is 4.43. The summed E-state index contributed by atoms with van der Waals surface area (Å²) in [5, 5.41) is 16.2. The third kappa shape index (κ3) is 5.73. The van der Waals surface area contributed by atoms with Crippen LogP contribution in [-0.2, 0) is 0 Å². The monoisotopic (exact) mass is 595 g/mol. The van der Waals surface area contributed by atoms with Crippen molar-refractivity contribution in [1.82, 2.24) is 24.9 Å². The van der Waals surface area contributed by atoms with Crippen molar-refractivity contribution in [3.8, 4) is 17.0 Å². The number of hydrogen-bond acceptors (Lipinski definition) is 7. The fourth-order valence-electron chi connectivity index (χ4n) is 5.34. The average Bonchev–Trinajstić information content (AvgIpc) is 3.59. The molecule has 0 saturated carbocycles. The minimum Gasteiger partial charge on any atom is -0.496 e. The molecule has 2 fully saturated rings. The zero-order chi connectivity index (χ0) is 25.7. The van der Waals surface area contributed by atoms with Crippen LogP contribution in [-0.4, -0.2) is 71.2 Å². The van der Waals surface area contributed by atoms with Crippen LogP contribution in [0.25, 0.3) is 26.4 Å². The number of benzene rings is 2. The molecule has 2 aromatic carbocycles. The van der Waals surface area contributed by atoms with E-state index >= 15 is 4.39 Å². The van der Waals surface area contributed by atoms with E-state index in [4.69, 9.17) is 9.72 Å². The Morgan fingerprint density at radius 2 is 2.00 bits per heavy atom. The number of likely N-dealkylation sites (tertiary alicyclic amines) is 1. The third-order valence-electron chi connectivity index (χ3n) is 7.49. The van der Waals surface area contributed by atoms with E-state index in [-0.39, 0.29) is 48.6 Å². The van der Waals surface area contributed by atoms with Crippen LogP contribution in [0.2, 0.25) is 0 Å². The Kier molecular flexibility index (Phi) is 9.05. The van der Waals surface area contributed by atoms with Crippen molar-refractivity contribution in [1.29, 1.82) is 0 Å². The molecule has 3 N–H and O–H groups in total. The summed E-state index contributed by atoms with van der Waals surface area (Å²) >= 11 is 1.45. The summed E-state index contributed by atoms with van der Waals surface area (Å²) in [6.45, 7) is 2.45. The highest BCUT2D eigenvalue weighted by Gasteiger charge is 2.25. The van der Waals surface area contributed by atoms with Gasteiger partial charge in [-0.15, -0.1) is 24.8 Å². The topological polar surface area (TPSA) is 91.1 Å². The first-order valence-corrected chi connectivity index (χ1v) is 13.4. The maximum absolute atomic E-state index is 15.1. The van der Waals surface area contributed by atoms with Crippen molar-refractivity contribution < 1.29 is 19.0 Å². The van der Waals surface area contributed by atoms with Crippen molar-refractivity contribution in [3.63, 3.8) is 0 Å². The first kappa shape index (κ1) is 29.5. The van der Waals surface area contributed by atoms with Gasteiger partial charge in [-0.25, -0.2) is 9.37 Å². The molecular weight excluding hydrogens is 564 g/mol. The molecule has 2 aliphatic heterocycles. The van der Waals surface area contributed by atoms with Gasteiger partial charge in [0.1, 0.15) is 11.6 Å². The highest BCUT2D eigenvalue weighted by atomic mass is 35.5. The number of hydrogen-bond donors (Lipinski definition) is 3. The van der Waals surface area contributed by atoms with Gasteiger partial charge in [0.15, 0.2) is 4.96 Å². The number of β-amino-alcohol motifs (C(OH)–C–C–N with tert-alkyl or cyclic N) is 1. The Labute approximate surface area is 242 Å². The fourth-order valence-corrected chi connectivity index (χ4v) is 6.37. The van der Waals surface area contributed by atoms with Crippen LogP contribution in [0.1, 0.15) is 41.2 Å². The fraction of sp³-hybridized carbons (Fsp3) is 0.407. The maximum Gasteiger partial charge on any atom is 0.255 e. The minimum absolute atomic E-state index is 0. The molecule has 2 atom stereocenters. The number of methoxy groups -OCH3 is 1. The van der Waals surface area contributed by atoms with Crippen LogP contribution in [0.5, 0.6) is 5.75 Å². The summed E-state index contributed by atoms with van der Waals surface area (Å²) in [6, 6.07) is 8.97. The summed E-state index contributed by atoms with van der Waals surface area (Å²) in [7, 11) is 3.66. The number of carbonyl (C=O) groups is 1. The number of amides is 1. The summed E-state index contributed by atoms with van der Waals surface area (Å²) in [6.07, 6.45) is 3.85. The molecule has 39 heavy (non-hydrogen) atoms. The van der Waals surface area contributed by atoms with Gasteiger partial charge in [0.05, 0.1) is 34.7 Å². The molecule has 0 bridgehead atoms.